The number of piperidine rings is 1. The van der Waals surface area contributed by atoms with Crippen molar-refractivity contribution in [1.29, 1.82) is 0 Å². The fourth-order valence-electron chi connectivity index (χ4n) is 2.36. The Morgan fingerprint density at radius 2 is 2.18 bits per heavy atom. The van der Waals surface area contributed by atoms with Gasteiger partial charge in [0.25, 0.3) is 0 Å². The lowest BCUT2D eigenvalue weighted by molar-refractivity contribution is 0.190. The summed E-state index contributed by atoms with van der Waals surface area (Å²) in [5.74, 6) is 0.371. The summed E-state index contributed by atoms with van der Waals surface area (Å²) in [6.45, 7) is 5.31. The molecule has 0 aromatic heterocycles. The van der Waals surface area contributed by atoms with E-state index in [9.17, 15) is 5.11 Å². The van der Waals surface area contributed by atoms with Gasteiger partial charge < -0.3 is 15.3 Å². The number of nitrogens with one attached hydrogen (secondary N) is 1. The van der Waals surface area contributed by atoms with Gasteiger partial charge in [0, 0.05) is 30.4 Å². The quantitative estimate of drug-likeness (QED) is 0.825. The van der Waals surface area contributed by atoms with Crippen molar-refractivity contribution in [2.24, 2.45) is 0 Å². The molecule has 0 aliphatic carbocycles. The summed E-state index contributed by atoms with van der Waals surface area (Å²) in [5.41, 5.74) is 1.95. The first-order valence-corrected chi connectivity index (χ1v) is 6.32. The Labute approximate surface area is 103 Å². The van der Waals surface area contributed by atoms with Gasteiger partial charge in [-0.15, -0.1) is 0 Å². The van der Waals surface area contributed by atoms with Gasteiger partial charge in [-0.1, -0.05) is 6.07 Å². The lowest BCUT2D eigenvalue weighted by Gasteiger charge is -2.35. The van der Waals surface area contributed by atoms with Crippen LogP contribution in [0.4, 0.5) is 5.69 Å². The molecule has 0 spiro atoms. The molecule has 3 heteroatoms. The van der Waals surface area contributed by atoms with Gasteiger partial charge in [-0.25, -0.2) is 0 Å². The molecule has 2 atom stereocenters. The van der Waals surface area contributed by atoms with Crippen LogP contribution < -0.4 is 5.32 Å². The van der Waals surface area contributed by atoms with Crippen LogP contribution in [0.1, 0.15) is 25.3 Å². The minimum atomic E-state index is 0.371. The molecule has 1 aliphatic rings. The van der Waals surface area contributed by atoms with Gasteiger partial charge in [-0.3, -0.25) is 0 Å². The number of phenols is 1. The molecule has 1 fully saturated rings. The van der Waals surface area contributed by atoms with Crippen molar-refractivity contribution < 1.29 is 5.11 Å². The second-order valence-corrected chi connectivity index (χ2v) is 5.20. The molecule has 2 N–H and O–H groups in total. The molecule has 94 valence electrons. The van der Waals surface area contributed by atoms with Crippen molar-refractivity contribution in [2.45, 2.75) is 38.8 Å². The number of likely N-dealkylation sites (tertiary alicyclic amines) is 1. The first-order valence-electron chi connectivity index (χ1n) is 6.32. The smallest absolute Gasteiger partial charge is 0.120 e. The summed E-state index contributed by atoms with van der Waals surface area (Å²) < 4.78 is 0. The van der Waals surface area contributed by atoms with E-state index in [1.807, 2.05) is 25.1 Å². The number of benzene rings is 1. The van der Waals surface area contributed by atoms with Crippen LogP contribution in [0.15, 0.2) is 18.2 Å². The van der Waals surface area contributed by atoms with Gasteiger partial charge in [0.05, 0.1) is 0 Å². The van der Waals surface area contributed by atoms with E-state index in [1.165, 1.54) is 0 Å². The van der Waals surface area contributed by atoms with Crippen LogP contribution in [0.5, 0.6) is 5.75 Å². The SMILES string of the molecule is Cc1ccc(NC2CCN(C)C(C)C2)cc1O. The summed E-state index contributed by atoms with van der Waals surface area (Å²) >= 11 is 0. The molecule has 3 nitrogen and oxygen atoms in total. The maximum atomic E-state index is 9.68. The third-order valence-electron chi connectivity index (χ3n) is 3.79. The first-order chi connectivity index (χ1) is 8.06. The van der Waals surface area contributed by atoms with E-state index in [0.29, 0.717) is 17.8 Å². The average Bonchev–Trinajstić information content (AvgIpc) is 2.29. The number of nitrogens with zero attached hydrogens (tertiary/aromatic N) is 1. The first kappa shape index (κ1) is 12.2. The second-order valence-electron chi connectivity index (χ2n) is 5.20. The van der Waals surface area contributed by atoms with Crippen molar-refractivity contribution in [3.05, 3.63) is 23.8 Å². The fourth-order valence-corrected chi connectivity index (χ4v) is 2.36. The van der Waals surface area contributed by atoms with Crippen LogP contribution in [0.2, 0.25) is 0 Å². The fraction of sp³-hybridized carbons (Fsp3) is 0.571. The van der Waals surface area contributed by atoms with E-state index >= 15 is 0 Å². The van der Waals surface area contributed by atoms with E-state index in [4.69, 9.17) is 0 Å². The number of anilines is 1. The van der Waals surface area contributed by atoms with E-state index < -0.39 is 0 Å². The molecule has 1 heterocycles. The summed E-state index contributed by atoms with van der Waals surface area (Å²) in [6, 6.07) is 6.95. The number of hydrogen-bond donors (Lipinski definition) is 2. The van der Waals surface area contributed by atoms with E-state index in [-0.39, 0.29) is 0 Å². The lowest BCUT2D eigenvalue weighted by Crippen LogP contribution is -2.42. The van der Waals surface area contributed by atoms with Crippen LogP contribution in [-0.2, 0) is 0 Å². The normalized spacial score (nSPS) is 25.8. The number of rotatable bonds is 2. The number of hydrogen-bond acceptors (Lipinski definition) is 3. The highest BCUT2D eigenvalue weighted by molar-refractivity contribution is 5.51. The standard InChI is InChI=1S/C14H22N2O/c1-10-4-5-12(9-14(10)17)15-13-6-7-16(3)11(2)8-13/h4-5,9,11,13,15,17H,6-8H2,1-3H3. The molecule has 0 amide bonds. The van der Waals surface area contributed by atoms with Gasteiger partial charge in [-0.2, -0.15) is 0 Å². The summed E-state index contributed by atoms with van der Waals surface area (Å²) in [5, 5.41) is 13.2. The molecule has 17 heavy (non-hydrogen) atoms. The number of phenolic OH excluding ortho intramolecular Hbond substituents is 1. The molecule has 0 saturated carbocycles. The zero-order chi connectivity index (χ0) is 12.4. The van der Waals surface area contributed by atoms with Gasteiger partial charge >= 0.3 is 0 Å². The second kappa shape index (κ2) is 4.96. The topological polar surface area (TPSA) is 35.5 Å². The third-order valence-corrected chi connectivity index (χ3v) is 3.79. The Morgan fingerprint density at radius 1 is 1.41 bits per heavy atom. The van der Waals surface area contributed by atoms with Gasteiger partial charge in [0.15, 0.2) is 0 Å². The summed E-state index contributed by atoms with van der Waals surface area (Å²) in [6.07, 6.45) is 2.32. The van der Waals surface area contributed by atoms with Gasteiger partial charge in [0.1, 0.15) is 5.75 Å². The molecular weight excluding hydrogens is 212 g/mol. The molecular formula is C14H22N2O. The van der Waals surface area contributed by atoms with Crippen LogP contribution in [0.3, 0.4) is 0 Å². The van der Waals surface area contributed by atoms with E-state index in [0.717, 1.165) is 30.6 Å². The maximum Gasteiger partial charge on any atom is 0.120 e. The van der Waals surface area contributed by atoms with Crippen molar-refractivity contribution in [3.8, 4) is 5.75 Å². The Morgan fingerprint density at radius 3 is 2.82 bits per heavy atom. The highest BCUT2D eigenvalue weighted by Crippen LogP contribution is 2.24. The highest BCUT2D eigenvalue weighted by atomic mass is 16.3. The Hall–Kier alpha value is -1.22. The largest absolute Gasteiger partial charge is 0.508 e. The zero-order valence-corrected chi connectivity index (χ0v) is 10.9. The van der Waals surface area contributed by atoms with Gasteiger partial charge in [0.2, 0.25) is 0 Å². The molecule has 0 radical (unpaired) electrons. The number of aryl methyl sites for hydroxylation is 1. The summed E-state index contributed by atoms with van der Waals surface area (Å²) in [7, 11) is 2.18. The maximum absolute atomic E-state index is 9.68. The minimum Gasteiger partial charge on any atom is -0.508 e. The highest BCUT2D eigenvalue weighted by Gasteiger charge is 2.22. The summed E-state index contributed by atoms with van der Waals surface area (Å²) in [4.78, 5) is 2.39. The molecule has 2 rings (SSSR count). The van der Waals surface area contributed by atoms with Crippen LogP contribution in [0.25, 0.3) is 0 Å². The Kier molecular flexibility index (Phi) is 3.57. The predicted molar refractivity (Wildman–Crippen MR) is 71.6 cm³/mol. The van der Waals surface area contributed by atoms with Crippen molar-refractivity contribution in [1.82, 2.24) is 4.90 Å². The molecule has 1 aromatic rings. The zero-order valence-electron chi connectivity index (χ0n) is 10.9. The Bertz CT molecular complexity index is 392. The van der Waals surface area contributed by atoms with Crippen molar-refractivity contribution >= 4 is 5.69 Å². The predicted octanol–water partition coefficient (Wildman–Crippen LogP) is 2.60. The minimum absolute atomic E-state index is 0.371. The molecule has 1 aliphatic heterocycles. The van der Waals surface area contributed by atoms with Crippen molar-refractivity contribution in [3.63, 3.8) is 0 Å². The van der Waals surface area contributed by atoms with Crippen LogP contribution >= 0.6 is 0 Å². The monoisotopic (exact) mass is 234 g/mol. The molecule has 0 bridgehead atoms. The molecule has 1 aromatic carbocycles. The Balaban J connectivity index is 1.99. The van der Waals surface area contributed by atoms with Crippen LogP contribution in [0, 0.1) is 6.92 Å². The van der Waals surface area contributed by atoms with Crippen LogP contribution in [-0.4, -0.2) is 35.7 Å². The van der Waals surface area contributed by atoms with E-state index in [2.05, 4.69) is 24.2 Å². The lowest BCUT2D eigenvalue weighted by atomic mass is 9.98. The van der Waals surface area contributed by atoms with Crippen molar-refractivity contribution in [2.75, 3.05) is 18.9 Å². The molecule has 1 saturated heterocycles. The van der Waals surface area contributed by atoms with E-state index in [1.54, 1.807) is 0 Å². The van der Waals surface area contributed by atoms with Gasteiger partial charge in [-0.05, 0) is 45.4 Å². The average molecular weight is 234 g/mol. The number of aromatic hydroxyl groups is 1. The third kappa shape index (κ3) is 2.91. The molecule has 2 unspecified atom stereocenters.